The van der Waals surface area contributed by atoms with Crippen LogP contribution >= 0.6 is 0 Å². The minimum Gasteiger partial charge on any atom is -0.393 e. The van der Waals surface area contributed by atoms with Crippen molar-refractivity contribution >= 4 is 0 Å². The van der Waals surface area contributed by atoms with Crippen molar-refractivity contribution in [2.75, 3.05) is 0 Å². The Morgan fingerprint density at radius 2 is 1.97 bits per heavy atom. The number of alkyl halides is 1. The van der Waals surface area contributed by atoms with Crippen molar-refractivity contribution in [1.29, 1.82) is 0 Å². The summed E-state index contributed by atoms with van der Waals surface area (Å²) in [6, 6.07) is 0. The molecular weight excluding hydrogens is 359 g/mol. The van der Waals surface area contributed by atoms with Crippen LogP contribution in [0.3, 0.4) is 0 Å². The molecule has 0 heterocycles. The van der Waals surface area contributed by atoms with Crippen molar-refractivity contribution in [2.45, 2.75) is 104 Å². The van der Waals surface area contributed by atoms with Crippen LogP contribution in [0.1, 0.15) is 91.9 Å². The monoisotopic (exact) mass is 402 g/mol. The van der Waals surface area contributed by atoms with Crippen LogP contribution < -0.4 is 0 Å². The van der Waals surface area contributed by atoms with E-state index in [1.54, 1.807) is 5.57 Å². The zero-order chi connectivity index (χ0) is 21.2. The van der Waals surface area contributed by atoms with E-state index >= 15 is 0 Å². The summed E-state index contributed by atoms with van der Waals surface area (Å²) in [5.41, 5.74) is 3.47. The third-order valence-corrected chi connectivity index (χ3v) is 8.39. The van der Waals surface area contributed by atoms with E-state index in [2.05, 4.69) is 46.4 Å². The molecule has 3 fully saturated rings. The fourth-order valence-corrected chi connectivity index (χ4v) is 6.70. The molecule has 0 spiro atoms. The molecule has 1 nitrogen and oxygen atoms in total. The van der Waals surface area contributed by atoms with Gasteiger partial charge in [-0.2, -0.15) is 0 Å². The third kappa shape index (κ3) is 5.06. The topological polar surface area (TPSA) is 20.2 Å². The number of aliphatic hydroxyl groups excluding tert-OH is 1. The Balaban J connectivity index is 1.71. The Hall–Kier alpha value is -0.890. The average Bonchev–Trinajstić information content (AvgIpc) is 3.00. The molecule has 164 valence electrons. The van der Waals surface area contributed by atoms with Crippen molar-refractivity contribution in [3.05, 3.63) is 35.5 Å². The van der Waals surface area contributed by atoms with Gasteiger partial charge in [0.15, 0.2) is 0 Å². The summed E-state index contributed by atoms with van der Waals surface area (Å²) in [6.45, 7) is 13.6. The first-order chi connectivity index (χ1) is 13.7. The lowest BCUT2D eigenvalue weighted by Crippen LogP contribution is -2.36. The Labute approximate surface area is 178 Å². The van der Waals surface area contributed by atoms with Gasteiger partial charge in [0.1, 0.15) is 6.17 Å². The maximum absolute atomic E-state index is 14.1. The van der Waals surface area contributed by atoms with Gasteiger partial charge in [-0.05, 0) is 78.8 Å². The second-order valence-corrected chi connectivity index (χ2v) is 10.9. The van der Waals surface area contributed by atoms with Gasteiger partial charge in [-0.15, -0.1) is 0 Å². The highest BCUT2D eigenvalue weighted by atomic mass is 19.1. The van der Waals surface area contributed by atoms with E-state index in [4.69, 9.17) is 0 Å². The standard InChI is InChI=1S/C27H43FO/c1-18(2)8-6-9-19(3)24-13-14-25-21(10-7-15-27(24,25)5)11-12-22-16-23(29)17-26(28)20(22)4/h11-12,18-19,23-26,29H,4,6-10,13-17H2,1-3,5H3/b21-11+,22-12-/t19-,23-,24-,25+,26?,27-/m1/s1. The molecule has 3 saturated carbocycles. The molecular formula is C27H43FO. The van der Waals surface area contributed by atoms with Gasteiger partial charge >= 0.3 is 0 Å². The molecule has 0 aromatic carbocycles. The molecule has 0 bridgehead atoms. The molecule has 0 radical (unpaired) electrons. The second-order valence-electron chi connectivity index (χ2n) is 10.9. The molecule has 2 heteroatoms. The average molecular weight is 403 g/mol. The highest BCUT2D eigenvalue weighted by Crippen LogP contribution is 2.60. The van der Waals surface area contributed by atoms with Crippen molar-refractivity contribution in [3.63, 3.8) is 0 Å². The molecule has 0 amide bonds. The van der Waals surface area contributed by atoms with Crippen LogP contribution in [0.4, 0.5) is 4.39 Å². The summed E-state index contributed by atoms with van der Waals surface area (Å²) >= 11 is 0. The number of halogens is 1. The van der Waals surface area contributed by atoms with Gasteiger partial charge in [-0.25, -0.2) is 4.39 Å². The van der Waals surface area contributed by atoms with E-state index in [1.165, 1.54) is 51.4 Å². The van der Waals surface area contributed by atoms with Crippen LogP contribution in [0.25, 0.3) is 0 Å². The van der Waals surface area contributed by atoms with Crippen LogP contribution in [0.15, 0.2) is 35.5 Å². The molecule has 0 aliphatic heterocycles. The predicted molar refractivity (Wildman–Crippen MR) is 121 cm³/mol. The first kappa shape index (κ1) is 22.8. The SMILES string of the molecule is C=C1/C(=C\C=C2/CCC[C@]3(C)[C@@H]([C@H](C)CCCC(C)C)CC[C@@H]23)C[C@@H](O)CC1F. The lowest BCUT2D eigenvalue weighted by atomic mass is 9.60. The molecule has 1 unspecified atom stereocenters. The smallest absolute Gasteiger partial charge is 0.127 e. The molecule has 29 heavy (non-hydrogen) atoms. The maximum Gasteiger partial charge on any atom is 0.127 e. The number of aliphatic hydroxyl groups is 1. The first-order valence-electron chi connectivity index (χ1n) is 12.1. The van der Waals surface area contributed by atoms with E-state index in [0.717, 1.165) is 23.3 Å². The number of hydrogen-bond donors (Lipinski definition) is 1. The highest BCUT2D eigenvalue weighted by molar-refractivity contribution is 5.38. The zero-order valence-corrected chi connectivity index (χ0v) is 19.2. The molecule has 0 saturated heterocycles. The van der Waals surface area contributed by atoms with Gasteiger partial charge in [0.2, 0.25) is 0 Å². The highest BCUT2D eigenvalue weighted by Gasteiger charge is 2.50. The summed E-state index contributed by atoms with van der Waals surface area (Å²) in [7, 11) is 0. The molecule has 0 aromatic heterocycles. The van der Waals surface area contributed by atoms with E-state index in [9.17, 15) is 9.50 Å². The van der Waals surface area contributed by atoms with Gasteiger partial charge in [-0.3, -0.25) is 0 Å². The van der Waals surface area contributed by atoms with Crippen LogP contribution in [0.2, 0.25) is 0 Å². The first-order valence-corrected chi connectivity index (χ1v) is 12.1. The molecule has 3 aliphatic carbocycles. The Morgan fingerprint density at radius 1 is 1.21 bits per heavy atom. The summed E-state index contributed by atoms with van der Waals surface area (Å²) in [4.78, 5) is 0. The zero-order valence-electron chi connectivity index (χ0n) is 19.2. The minimum atomic E-state index is -1.09. The fraction of sp³-hybridized carbons (Fsp3) is 0.778. The van der Waals surface area contributed by atoms with Gasteiger partial charge in [0, 0.05) is 6.42 Å². The summed E-state index contributed by atoms with van der Waals surface area (Å²) in [5, 5.41) is 9.95. The van der Waals surface area contributed by atoms with Crippen LogP contribution in [0, 0.1) is 29.1 Å². The van der Waals surface area contributed by atoms with E-state index in [1.807, 2.05) is 0 Å². The minimum absolute atomic E-state index is 0.198. The van der Waals surface area contributed by atoms with Gasteiger partial charge < -0.3 is 5.11 Å². The second kappa shape index (κ2) is 9.50. The maximum atomic E-state index is 14.1. The third-order valence-electron chi connectivity index (χ3n) is 8.39. The molecule has 0 aromatic rings. The number of fused-ring (bicyclic) bond motifs is 1. The van der Waals surface area contributed by atoms with Crippen molar-refractivity contribution < 1.29 is 9.50 Å². The quantitative estimate of drug-likeness (QED) is 0.486. The van der Waals surface area contributed by atoms with Crippen molar-refractivity contribution in [1.82, 2.24) is 0 Å². The summed E-state index contributed by atoms with van der Waals surface area (Å²) in [5.74, 6) is 3.12. The molecule has 3 aliphatic rings. The van der Waals surface area contributed by atoms with Crippen molar-refractivity contribution in [2.24, 2.45) is 29.1 Å². The molecule has 1 N–H and O–H groups in total. The molecule has 6 atom stereocenters. The van der Waals surface area contributed by atoms with Crippen LogP contribution in [-0.4, -0.2) is 17.4 Å². The number of rotatable bonds is 6. The van der Waals surface area contributed by atoms with Gasteiger partial charge in [0.05, 0.1) is 6.10 Å². The Morgan fingerprint density at radius 3 is 2.69 bits per heavy atom. The summed E-state index contributed by atoms with van der Waals surface area (Å²) < 4.78 is 14.1. The number of hydrogen-bond acceptors (Lipinski definition) is 1. The van der Waals surface area contributed by atoms with Crippen LogP contribution in [-0.2, 0) is 0 Å². The lowest BCUT2D eigenvalue weighted by Gasteiger charge is -2.44. The molecule has 3 rings (SSSR count). The Kier molecular flexibility index (Phi) is 7.46. The lowest BCUT2D eigenvalue weighted by molar-refractivity contribution is 0.0928. The Bertz CT molecular complexity index is 645. The number of allylic oxidation sites excluding steroid dienone is 4. The van der Waals surface area contributed by atoms with Gasteiger partial charge in [0.25, 0.3) is 0 Å². The summed E-state index contributed by atoms with van der Waals surface area (Å²) in [6.07, 6.45) is 14.0. The van der Waals surface area contributed by atoms with E-state index in [-0.39, 0.29) is 6.42 Å². The van der Waals surface area contributed by atoms with E-state index < -0.39 is 12.3 Å². The fourth-order valence-electron chi connectivity index (χ4n) is 6.70. The van der Waals surface area contributed by atoms with Gasteiger partial charge in [-0.1, -0.05) is 71.3 Å². The normalized spacial score (nSPS) is 39.3. The largest absolute Gasteiger partial charge is 0.393 e. The van der Waals surface area contributed by atoms with E-state index in [0.29, 0.717) is 23.3 Å². The van der Waals surface area contributed by atoms with Crippen molar-refractivity contribution in [3.8, 4) is 0 Å². The van der Waals surface area contributed by atoms with Crippen LogP contribution in [0.5, 0.6) is 0 Å². The predicted octanol–water partition coefficient (Wildman–Crippen LogP) is 7.57.